The van der Waals surface area contributed by atoms with Gasteiger partial charge in [0.2, 0.25) is 0 Å². The van der Waals surface area contributed by atoms with E-state index in [4.69, 9.17) is 9.47 Å². The van der Waals surface area contributed by atoms with E-state index in [0.717, 1.165) is 34.7 Å². The van der Waals surface area contributed by atoms with E-state index in [9.17, 15) is 4.79 Å². The molecule has 27 heavy (non-hydrogen) atoms. The predicted octanol–water partition coefficient (Wildman–Crippen LogP) is 5.06. The Morgan fingerprint density at radius 2 is 1.85 bits per heavy atom. The molecule has 0 saturated heterocycles. The van der Waals surface area contributed by atoms with Crippen LogP contribution in [0.3, 0.4) is 0 Å². The van der Waals surface area contributed by atoms with Crippen molar-refractivity contribution >= 4 is 0 Å². The van der Waals surface area contributed by atoms with E-state index in [0.29, 0.717) is 12.3 Å². The highest BCUT2D eigenvalue weighted by atomic mass is 16.5. The van der Waals surface area contributed by atoms with Gasteiger partial charge >= 0.3 is 0 Å². The average molecular weight is 370 g/mol. The highest BCUT2D eigenvalue weighted by Gasteiger charge is 2.25. The van der Waals surface area contributed by atoms with E-state index < -0.39 is 0 Å². The van der Waals surface area contributed by atoms with Crippen molar-refractivity contribution in [1.29, 1.82) is 0 Å². The highest BCUT2D eigenvalue weighted by Crippen LogP contribution is 2.31. The summed E-state index contributed by atoms with van der Waals surface area (Å²) < 4.78 is 11.6. The summed E-state index contributed by atoms with van der Waals surface area (Å²) >= 11 is 0. The Bertz CT molecular complexity index is 807. The number of nitrogens with one attached hydrogen (secondary N) is 1. The van der Waals surface area contributed by atoms with E-state index in [1.54, 1.807) is 7.11 Å². The van der Waals surface area contributed by atoms with Crippen LogP contribution in [0.15, 0.2) is 35.1 Å². The molecule has 4 heteroatoms. The van der Waals surface area contributed by atoms with Gasteiger partial charge in [-0.2, -0.15) is 0 Å². The Hall–Kier alpha value is -2.23. The van der Waals surface area contributed by atoms with Crippen LogP contribution < -0.4 is 15.0 Å². The van der Waals surface area contributed by atoms with Gasteiger partial charge in [0.05, 0.1) is 12.7 Å². The molecule has 1 N–H and O–H groups in total. The third kappa shape index (κ3) is 4.74. The Morgan fingerprint density at radius 1 is 1.15 bits per heavy atom. The molecule has 0 bridgehead atoms. The van der Waals surface area contributed by atoms with Crippen molar-refractivity contribution in [2.24, 2.45) is 5.92 Å². The van der Waals surface area contributed by atoms with Crippen LogP contribution in [-0.4, -0.2) is 18.2 Å². The summed E-state index contributed by atoms with van der Waals surface area (Å²) in [5, 5.41) is 0. The lowest BCUT2D eigenvalue weighted by Crippen LogP contribution is -2.30. The van der Waals surface area contributed by atoms with Gasteiger partial charge in [0.15, 0.2) is 0 Å². The van der Waals surface area contributed by atoms with Crippen LogP contribution in [0.5, 0.6) is 11.5 Å². The third-order valence-electron chi connectivity index (χ3n) is 5.53. The molecule has 1 heterocycles. The van der Waals surface area contributed by atoms with Gasteiger partial charge in [0.25, 0.3) is 5.56 Å². The molecule has 2 atom stereocenters. The maximum Gasteiger partial charge on any atom is 0.255 e. The molecule has 4 nitrogen and oxygen atoms in total. The summed E-state index contributed by atoms with van der Waals surface area (Å²) in [6.07, 6.45) is 5.60. The monoisotopic (exact) mass is 369 g/mol. The standard InChI is InChI=1S/C23H31NO3/c1-15(2)22-21(27-20-8-6-5-7-16(20)3)14-18(24-23(22)25)13-17-9-11-19(26-4)12-10-17/h9-12,14-16,20H,5-8,13H2,1-4H3,(H,24,25). The van der Waals surface area contributed by atoms with Gasteiger partial charge < -0.3 is 14.5 Å². The Labute approximate surface area is 161 Å². The zero-order valence-electron chi connectivity index (χ0n) is 16.9. The van der Waals surface area contributed by atoms with Gasteiger partial charge in [-0.25, -0.2) is 0 Å². The van der Waals surface area contributed by atoms with Gasteiger partial charge in [-0.05, 0) is 48.8 Å². The maximum absolute atomic E-state index is 12.8. The zero-order chi connectivity index (χ0) is 19.4. The number of hydrogen-bond donors (Lipinski definition) is 1. The molecular weight excluding hydrogens is 338 g/mol. The van der Waals surface area contributed by atoms with Crippen molar-refractivity contribution in [3.8, 4) is 11.5 Å². The van der Waals surface area contributed by atoms with E-state index in [2.05, 4.69) is 11.9 Å². The molecule has 1 aromatic carbocycles. The van der Waals surface area contributed by atoms with Gasteiger partial charge in [0, 0.05) is 18.2 Å². The lowest BCUT2D eigenvalue weighted by Gasteiger charge is -2.30. The highest BCUT2D eigenvalue weighted by molar-refractivity contribution is 5.38. The normalized spacial score (nSPS) is 19.9. The van der Waals surface area contributed by atoms with E-state index >= 15 is 0 Å². The molecule has 1 aliphatic rings. The van der Waals surface area contributed by atoms with Crippen LogP contribution in [0.2, 0.25) is 0 Å². The average Bonchev–Trinajstić information content (AvgIpc) is 2.63. The fraction of sp³-hybridized carbons (Fsp3) is 0.522. The quantitative estimate of drug-likeness (QED) is 0.775. The Balaban J connectivity index is 1.88. The number of benzene rings is 1. The largest absolute Gasteiger partial charge is 0.497 e. The van der Waals surface area contributed by atoms with E-state index in [-0.39, 0.29) is 17.6 Å². The molecule has 0 radical (unpaired) electrons. The summed E-state index contributed by atoms with van der Waals surface area (Å²) in [6, 6.07) is 9.96. The Morgan fingerprint density at radius 3 is 2.48 bits per heavy atom. The third-order valence-corrected chi connectivity index (χ3v) is 5.53. The fourth-order valence-electron chi connectivity index (χ4n) is 3.92. The van der Waals surface area contributed by atoms with Crippen molar-refractivity contribution in [3.63, 3.8) is 0 Å². The fourth-order valence-corrected chi connectivity index (χ4v) is 3.92. The number of aromatic nitrogens is 1. The van der Waals surface area contributed by atoms with Gasteiger partial charge in [-0.3, -0.25) is 4.79 Å². The van der Waals surface area contributed by atoms with Crippen LogP contribution in [0.4, 0.5) is 0 Å². The topological polar surface area (TPSA) is 51.3 Å². The zero-order valence-corrected chi connectivity index (χ0v) is 16.9. The second-order valence-corrected chi connectivity index (χ2v) is 8.00. The number of pyridine rings is 1. The molecule has 2 aromatic rings. The molecular formula is C23H31NO3. The number of ether oxygens (including phenoxy) is 2. The summed E-state index contributed by atoms with van der Waals surface area (Å²) in [7, 11) is 1.66. The van der Waals surface area contributed by atoms with Crippen LogP contribution >= 0.6 is 0 Å². The van der Waals surface area contributed by atoms with Crippen molar-refractivity contribution < 1.29 is 9.47 Å². The first-order valence-electron chi connectivity index (χ1n) is 10.0. The van der Waals surface area contributed by atoms with Crippen LogP contribution in [-0.2, 0) is 6.42 Å². The molecule has 1 aromatic heterocycles. The first-order chi connectivity index (χ1) is 13.0. The molecule has 2 unspecified atom stereocenters. The second-order valence-electron chi connectivity index (χ2n) is 8.00. The van der Waals surface area contributed by atoms with Crippen LogP contribution in [0, 0.1) is 5.92 Å². The molecule has 1 aliphatic carbocycles. The summed E-state index contributed by atoms with van der Waals surface area (Å²) in [5.74, 6) is 2.24. The minimum atomic E-state index is -0.0329. The molecule has 0 aliphatic heterocycles. The van der Waals surface area contributed by atoms with Crippen molar-refractivity contribution in [2.75, 3.05) is 7.11 Å². The molecule has 146 valence electrons. The lowest BCUT2D eigenvalue weighted by molar-refractivity contribution is 0.101. The second kappa shape index (κ2) is 8.64. The summed E-state index contributed by atoms with van der Waals surface area (Å²) in [6.45, 7) is 6.35. The van der Waals surface area contributed by atoms with Crippen LogP contribution in [0.25, 0.3) is 0 Å². The first kappa shape index (κ1) is 19.5. The summed E-state index contributed by atoms with van der Waals surface area (Å²) in [5.41, 5.74) is 2.73. The molecule has 3 rings (SSSR count). The minimum absolute atomic E-state index is 0.0329. The van der Waals surface area contributed by atoms with Crippen molar-refractivity contribution in [1.82, 2.24) is 4.98 Å². The van der Waals surface area contributed by atoms with Crippen LogP contribution in [0.1, 0.15) is 69.2 Å². The van der Waals surface area contributed by atoms with E-state index in [1.165, 1.54) is 19.3 Å². The number of hydrogen-bond acceptors (Lipinski definition) is 3. The minimum Gasteiger partial charge on any atom is -0.497 e. The predicted molar refractivity (Wildman–Crippen MR) is 109 cm³/mol. The number of aromatic amines is 1. The summed E-state index contributed by atoms with van der Waals surface area (Å²) in [4.78, 5) is 15.8. The van der Waals surface area contributed by atoms with Gasteiger partial charge in [-0.1, -0.05) is 39.3 Å². The number of rotatable bonds is 6. The molecule has 1 saturated carbocycles. The van der Waals surface area contributed by atoms with Gasteiger partial charge in [0.1, 0.15) is 17.6 Å². The van der Waals surface area contributed by atoms with Crippen molar-refractivity contribution in [3.05, 3.63) is 57.5 Å². The number of H-pyrrole nitrogens is 1. The van der Waals surface area contributed by atoms with Crippen molar-refractivity contribution in [2.45, 2.75) is 64.9 Å². The molecule has 1 fully saturated rings. The van der Waals surface area contributed by atoms with Gasteiger partial charge in [-0.15, -0.1) is 0 Å². The Kier molecular flexibility index (Phi) is 6.25. The first-order valence-corrected chi connectivity index (χ1v) is 10.0. The molecule has 0 amide bonds. The SMILES string of the molecule is COc1ccc(Cc2cc(OC3CCCCC3C)c(C(C)C)c(=O)[nH]2)cc1. The lowest BCUT2D eigenvalue weighted by atomic mass is 9.88. The smallest absolute Gasteiger partial charge is 0.255 e. The maximum atomic E-state index is 12.8. The number of methoxy groups -OCH3 is 1. The molecule has 0 spiro atoms. The van der Waals surface area contributed by atoms with E-state index in [1.807, 2.05) is 44.2 Å².